The monoisotopic (exact) mass is 295 g/mol. The van der Waals surface area contributed by atoms with Gasteiger partial charge in [-0.05, 0) is 30.5 Å². The Bertz CT molecular complexity index is 727. The molecule has 2 aromatic heterocycles. The van der Waals surface area contributed by atoms with Gasteiger partial charge >= 0.3 is 0 Å². The molecule has 6 heteroatoms. The van der Waals surface area contributed by atoms with Gasteiger partial charge in [0.2, 0.25) is 5.91 Å². The van der Waals surface area contributed by atoms with E-state index in [4.69, 9.17) is 0 Å². The van der Waals surface area contributed by atoms with Crippen molar-refractivity contribution in [3.05, 3.63) is 48.3 Å². The number of carbonyl (C=O) groups excluding carboxylic acids is 1. The summed E-state index contributed by atoms with van der Waals surface area (Å²) in [6.07, 6.45) is 12.1. The van der Waals surface area contributed by atoms with Crippen molar-refractivity contribution >= 4 is 11.7 Å². The SMILES string of the molecule is Cn1cc(-c2ccc(NC(=O)CC3=CCCC=C3)nc2)nn1. The number of hydrogen-bond acceptors (Lipinski definition) is 4. The highest BCUT2D eigenvalue weighted by Crippen LogP contribution is 2.17. The van der Waals surface area contributed by atoms with Gasteiger partial charge in [-0.2, -0.15) is 0 Å². The Hall–Kier alpha value is -2.76. The van der Waals surface area contributed by atoms with Crippen LogP contribution < -0.4 is 5.32 Å². The van der Waals surface area contributed by atoms with Gasteiger partial charge < -0.3 is 5.32 Å². The molecule has 0 saturated heterocycles. The number of allylic oxidation sites excluding steroid dienone is 3. The maximum absolute atomic E-state index is 12.0. The molecule has 0 atom stereocenters. The van der Waals surface area contributed by atoms with Gasteiger partial charge in [-0.25, -0.2) is 4.98 Å². The predicted molar refractivity (Wildman–Crippen MR) is 83.9 cm³/mol. The molecular weight excluding hydrogens is 278 g/mol. The summed E-state index contributed by atoms with van der Waals surface area (Å²) < 4.78 is 1.64. The number of aryl methyl sites for hydroxylation is 1. The van der Waals surface area contributed by atoms with Gasteiger partial charge in [-0.3, -0.25) is 9.48 Å². The summed E-state index contributed by atoms with van der Waals surface area (Å²) in [4.78, 5) is 16.2. The first-order valence-electron chi connectivity index (χ1n) is 7.19. The van der Waals surface area contributed by atoms with Crippen LogP contribution in [0.2, 0.25) is 0 Å². The molecule has 0 spiro atoms. The van der Waals surface area contributed by atoms with E-state index in [0.717, 1.165) is 29.7 Å². The van der Waals surface area contributed by atoms with Gasteiger partial charge in [0.15, 0.2) is 0 Å². The fourth-order valence-electron chi connectivity index (χ4n) is 2.27. The van der Waals surface area contributed by atoms with Crippen LogP contribution in [0.5, 0.6) is 0 Å². The molecule has 1 amide bonds. The summed E-state index contributed by atoms with van der Waals surface area (Å²) >= 11 is 0. The molecule has 1 aliphatic carbocycles. The Morgan fingerprint density at radius 3 is 2.91 bits per heavy atom. The number of nitrogens with zero attached hydrogens (tertiary/aromatic N) is 4. The van der Waals surface area contributed by atoms with Crippen molar-refractivity contribution in [2.24, 2.45) is 7.05 Å². The highest BCUT2D eigenvalue weighted by molar-refractivity contribution is 5.91. The average molecular weight is 295 g/mol. The lowest BCUT2D eigenvalue weighted by atomic mass is 10.0. The van der Waals surface area contributed by atoms with Gasteiger partial charge in [0.25, 0.3) is 0 Å². The first-order chi connectivity index (χ1) is 10.7. The molecule has 6 nitrogen and oxygen atoms in total. The van der Waals surface area contributed by atoms with Crippen LogP contribution in [-0.4, -0.2) is 25.9 Å². The van der Waals surface area contributed by atoms with Crippen LogP contribution in [0.4, 0.5) is 5.82 Å². The summed E-state index contributed by atoms with van der Waals surface area (Å²) in [6.45, 7) is 0. The summed E-state index contributed by atoms with van der Waals surface area (Å²) in [6, 6.07) is 3.64. The largest absolute Gasteiger partial charge is 0.310 e. The number of anilines is 1. The van der Waals surface area contributed by atoms with Crippen molar-refractivity contribution in [2.75, 3.05) is 5.32 Å². The van der Waals surface area contributed by atoms with Gasteiger partial charge in [-0.1, -0.05) is 23.4 Å². The standard InChI is InChI=1S/C16H17N5O/c1-21-11-14(19-20-21)13-7-8-15(17-10-13)18-16(22)9-12-5-3-2-4-6-12/h3,5-8,10-11H,2,4,9H2,1H3,(H,17,18,22). The second kappa shape index (κ2) is 6.34. The molecule has 1 aliphatic rings. The third-order valence-corrected chi connectivity index (χ3v) is 3.37. The zero-order chi connectivity index (χ0) is 15.4. The number of pyridine rings is 1. The minimum absolute atomic E-state index is 0.0578. The zero-order valence-corrected chi connectivity index (χ0v) is 12.4. The number of aromatic nitrogens is 4. The fourth-order valence-corrected chi connectivity index (χ4v) is 2.27. The Morgan fingerprint density at radius 1 is 1.36 bits per heavy atom. The maximum Gasteiger partial charge on any atom is 0.229 e. The van der Waals surface area contributed by atoms with E-state index in [9.17, 15) is 4.79 Å². The lowest BCUT2D eigenvalue weighted by Crippen LogP contribution is -2.13. The molecule has 0 unspecified atom stereocenters. The molecule has 0 bridgehead atoms. The Morgan fingerprint density at radius 2 is 2.27 bits per heavy atom. The van der Waals surface area contributed by atoms with Crippen molar-refractivity contribution in [1.82, 2.24) is 20.0 Å². The van der Waals surface area contributed by atoms with Crippen molar-refractivity contribution in [1.29, 1.82) is 0 Å². The molecule has 3 rings (SSSR count). The molecule has 0 aromatic carbocycles. The van der Waals surface area contributed by atoms with Crippen molar-refractivity contribution in [3.63, 3.8) is 0 Å². The molecule has 2 aromatic rings. The highest BCUT2D eigenvalue weighted by Gasteiger charge is 2.08. The second-order valence-corrected chi connectivity index (χ2v) is 5.19. The lowest BCUT2D eigenvalue weighted by Gasteiger charge is -2.08. The van der Waals surface area contributed by atoms with E-state index in [0.29, 0.717) is 12.2 Å². The van der Waals surface area contributed by atoms with Gasteiger partial charge in [0, 0.05) is 18.8 Å². The van der Waals surface area contributed by atoms with E-state index in [2.05, 4.69) is 32.8 Å². The third-order valence-electron chi connectivity index (χ3n) is 3.37. The van der Waals surface area contributed by atoms with Crippen molar-refractivity contribution in [2.45, 2.75) is 19.3 Å². The van der Waals surface area contributed by atoms with E-state index in [-0.39, 0.29) is 5.91 Å². The number of rotatable bonds is 4. The van der Waals surface area contributed by atoms with Crippen LogP contribution in [0.25, 0.3) is 11.3 Å². The Labute approximate surface area is 128 Å². The van der Waals surface area contributed by atoms with Crippen molar-refractivity contribution < 1.29 is 4.79 Å². The van der Waals surface area contributed by atoms with E-state index < -0.39 is 0 Å². The smallest absolute Gasteiger partial charge is 0.229 e. The fraction of sp³-hybridized carbons (Fsp3) is 0.250. The number of amides is 1. The summed E-state index contributed by atoms with van der Waals surface area (Å²) in [7, 11) is 1.81. The topological polar surface area (TPSA) is 72.7 Å². The minimum Gasteiger partial charge on any atom is -0.310 e. The summed E-state index contributed by atoms with van der Waals surface area (Å²) in [5, 5.41) is 10.7. The number of hydrogen-bond donors (Lipinski definition) is 1. The van der Waals surface area contributed by atoms with Crippen molar-refractivity contribution in [3.8, 4) is 11.3 Å². The number of nitrogens with one attached hydrogen (secondary N) is 1. The minimum atomic E-state index is -0.0578. The van der Waals surface area contributed by atoms with Crippen LogP contribution in [-0.2, 0) is 11.8 Å². The van der Waals surface area contributed by atoms with Crippen LogP contribution in [0, 0.1) is 0 Å². The molecule has 0 aliphatic heterocycles. The first-order valence-corrected chi connectivity index (χ1v) is 7.19. The maximum atomic E-state index is 12.0. The molecule has 0 radical (unpaired) electrons. The molecule has 112 valence electrons. The zero-order valence-electron chi connectivity index (χ0n) is 12.4. The number of carbonyl (C=O) groups is 1. The van der Waals surface area contributed by atoms with E-state index >= 15 is 0 Å². The van der Waals surface area contributed by atoms with E-state index in [1.54, 1.807) is 16.9 Å². The van der Waals surface area contributed by atoms with Gasteiger partial charge in [0.05, 0.1) is 12.6 Å². The van der Waals surface area contributed by atoms with Gasteiger partial charge in [0.1, 0.15) is 11.5 Å². The Kier molecular flexibility index (Phi) is 4.09. The normalized spacial score (nSPS) is 13.8. The van der Waals surface area contributed by atoms with E-state index in [1.807, 2.05) is 25.4 Å². The van der Waals surface area contributed by atoms with Crippen LogP contribution in [0.3, 0.4) is 0 Å². The quantitative estimate of drug-likeness (QED) is 0.940. The van der Waals surface area contributed by atoms with Crippen LogP contribution in [0.15, 0.2) is 48.3 Å². The summed E-state index contributed by atoms with van der Waals surface area (Å²) in [5.74, 6) is 0.482. The summed E-state index contributed by atoms with van der Waals surface area (Å²) in [5.41, 5.74) is 2.68. The molecule has 0 saturated carbocycles. The molecule has 2 heterocycles. The predicted octanol–water partition coefficient (Wildman–Crippen LogP) is 2.48. The van der Waals surface area contributed by atoms with E-state index in [1.165, 1.54) is 0 Å². The highest BCUT2D eigenvalue weighted by atomic mass is 16.1. The molecule has 22 heavy (non-hydrogen) atoms. The third kappa shape index (κ3) is 3.46. The van der Waals surface area contributed by atoms with Gasteiger partial charge in [-0.15, -0.1) is 5.10 Å². The van der Waals surface area contributed by atoms with Crippen LogP contribution >= 0.6 is 0 Å². The second-order valence-electron chi connectivity index (χ2n) is 5.19. The molecular formula is C16H17N5O. The first kappa shape index (κ1) is 14.2. The lowest BCUT2D eigenvalue weighted by molar-refractivity contribution is -0.115. The molecule has 1 N–H and O–H groups in total. The van der Waals surface area contributed by atoms with Crippen LogP contribution in [0.1, 0.15) is 19.3 Å². The molecule has 0 fully saturated rings. The Balaban J connectivity index is 1.62. The average Bonchev–Trinajstić information content (AvgIpc) is 2.95.